The molecular weight excluding hydrogens is 332 g/mol. The number of fused-ring (bicyclic) bond motifs is 3. The lowest BCUT2D eigenvalue weighted by atomic mass is 9.91. The first kappa shape index (κ1) is 16.6. The van der Waals surface area contributed by atoms with Gasteiger partial charge < -0.3 is 10.2 Å². The highest BCUT2D eigenvalue weighted by Crippen LogP contribution is 2.44. The molecule has 25 heavy (non-hydrogen) atoms. The van der Waals surface area contributed by atoms with Crippen molar-refractivity contribution >= 4 is 15.5 Å². The summed E-state index contributed by atoms with van der Waals surface area (Å²) in [6, 6.07) is 13.3. The summed E-state index contributed by atoms with van der Waals surface area (Å²) in [7, 11) is -1.35. The molecule has 1 saturated heterocycles. The molecule has 1 N–H and O–H groups in total. The van der Waals surface area contributed by atoms with Crippen molar-refractivity contribution in [1.82, 2.24) is 5.32 Å². The average molecular weight is 356 g/mol. The Bertz CT molecular complexity index is 908. The van der Waals surface area contributed by atoms with Crippen LogP contribution in [0.1, 0.15) is 29.9 Å². The second kappa shape index (κ2) is 6.15. The third kappa shape index (κ3) is 2.75. The topological polar surface area (TPSA) is 49.4 Å². The predicted molar refractivity (Wildman–Crippen MR) is 100 cm³/mol. The van der Waals surface area contributed by atoms with Gasteiger partial charge in [-0.3, -0.25) is 0 Å². The van der Waals surface area contributed by atoms with Gasteiger partial charge in [-0.15, -0.1) is 0 Å². The lowest BCUT2D eigenvalue weighted by molar-refractivity contribution is 0.531. The van der Waals surface area contributed by atoms with Gasteiger partial charge in [0, 0.05) is 24.7 Å². The maximum atomic E-state index is 13.1. The van der Waals surface area contributed by atoms with E-state index in [0.717, 1.165) is 31.5 Å². The molecule has 4 rings (SSSR count). The third-order valence-corrected chi connectivity index (χ3v) is 7.35. The second-order valence-electron chi connectivity index (χ2n) is 7.15. The number of nitrogens with one attached hydrogen (secondary N) is 1. The van der Waals surface area contributed by atoms with Gasteiger partial charge in [0.25, 0.3) is 0 Å². The molecular formula is C20H24N2O2S. The highest BCUT2D eigenvalue weighted by molar-refractivity contribution is 7.91. The van der Waals surface area contributed by atoms with Crippen molar-refractivity contribution in [3.8, 4) is 0 Å². The first-order chi connectivity index (χ1) is 12.0. The molecule has 132 valence electrons. The van der Waals surface area contributed by atoms with Crippen molar-refractivity contribution in [3.05, 3.63) is 53.6 Å². The van der Waals surface area contributed by atoms with Gasteiger partial charge in [-0.25, -0.2) is 8.42 Å². The number of nitrogens with zero attached hydrogens (tertiary/aromatic N) is 1. The molecule has 4 nitrogen and oxygen atoms in total. The van der Waals surface area contributed by atoms with E-state index in [-0.39, 0.29) is 0 Å². The molecule has 0 aromatic heterocycles. The van der Waals surface area contributed by atoms with E-state index in [1.807, 2.05) is 25.1 Å². The molecule has 0 aliphatic carbocycles. The fourth-order valence-electron chi connectivity index (χ4n) is 4.27. The van der Waals surface area contributed by atoms with Crippen molar-refractivity contribution in [3.63, 3.8) is 0 Å². The fourth-order valence-corrected chi connectivity index (χ4v) is 5.67. The molecule has 0 amide bonds. The molecule has 2 aliphatic heterocycles. The Morgan fingerprint density at radius 1 is 1.04 bits per heavy atom. The summed E-state index contributed by atoms with van der Waals surface area (Å²) in [6.45, 7) is 3.93. The summed E-state index contributed by atoms with van der Waals surface area (Å²) < 4.78 is 26.1. The van der Waals surface area contributed by atoms with Gasteiger partial charge >= 0.3 is 0 Å². The van der Waals surface area contributed by atoms with E-state index in [1.54, 1.807) is 24.3 Å². The Hall–Kier alpha value is -1.85. The van der Waals surface area contributed by atoms with Gasteiger partial charge in [-0.05, 0) is 74.3 Å². The van der Waals surface area contributed by atoms with Crippen molar-refractivity contribution in [2.45, 2.75) is 41.5 Å². The van der Waals surface area contributed by atoms with Crippen molar-refractivity contribution in [2.24, 2.45) is 0 Å². The summed E-state index contributed by atoms with van der Waals surface area (Å²) >= 11 is 0. The van der Waals surface area contributed by atoms with Crippen LogP contribution in [0.4, 0.5) is 5.69 Å². The first-order valence-electron chi connectivity index (χ1n) is 8.88. The van der Waals surface area contributed by atoms with Crippen molar-refractivity contribution in [2.75, 3.05) is 25.0 Å². The minimum atomic E-state index is -3.48. The summed E-state index contributed by atoms with van der Waals surface area (Å²) in [5, 5.41) is 3.46. The minimum absolute atomic E-state index is 0.373. The van der Waals surface area contributed by atoms with Crippen LogP contribution < -0.4 is 10.2 Å². The number of benzene rings is 2. The predicted octanol–water partition coefficient (Wildman–Crippen LogP) is 3.11. The van der Waals surface area contributed by atoms with Crippen LogP contribution in [-0.2, 0) is 9.84 Å². The monoisotopic (exact) mass is 356 g/mol. The van der Waals surface area contributed by atoms with E-state index in [2.05, 4.69) is 17.3 Å². The number of aryl methyl sites for hydroxylation is 1. The maximum Gasteiger partial charge on any atom is 0.206 e. The van der Waals surface area contributed by atoms with Crippen LogP contribution in [0.15, 0.2) is 52.3 Å². The molecule has 2 heterocycles. The molecule has 2 aromatic rings. The largest absolute Gasteiger partial charge is 0.371 e. The molecule has 0 saturated carbocycles. The Morgan fingerprint density at radius 3 is 2.60 bits per heavy atom. The zero-order valence-corrected chi connectivity index (χ0v) is 15.5. The molecule has 2 atom stereocenters. The summed E-state index contributed by atoms with van der Waals surface area (Å²) in [4.78, 5) is 3.11. The summed E-state index contributed by atoms with van der Waals surface area (Å²) in [5.74, 6) is 0.405. The second-order valence-corrected chi connectivity index (χ2v) is 9.10. The average Bonchev–Trinajstić information content (AvgIpc) is 2.77. The lowest BCUT2D eigenvalue weighted by Crippen LogP contribution is -2.30. The third-order valence-electron chi connectivity index (χ3n) is 5.60. The first-order valence-corrected chi connectivity index (χ1v) is 10.4. The van der Waals surface area contributed by atoms with E-state index < -0.39 is 9.84 Å². The normalized spacial score (nSPS) is 23.0. The zero-order valence-electron chi connectivity index (χ0n) is 14.7. The van der Waals surface area contributed by atoms with Crippen LogP contribution >= 0.6 is 0 Å². The summed E-state index contributed by atoms with van der Waals surface area (Å²) in [6.07, 6.45) is 2.14. The lowest BCUT2D eigenvalue weighted by Gasteiger charge is -2.24. The quantitative estimate of drug-likeness (QED) is 0.898. The Morgan fingerprint density at radius 2 is 1.80 bits per heavy atom. The zero-order chi connectivity index (χ0) is 17.6. The summed E-state index contributed by atoms with van der Waals surface area (Å²) in [5.41, 5.74) is 3.32. The van der Waals surface area contributed by atoms with Gasteiger partial charge in [-0.1, -0.05) is 12.1 Å². The molecule has 5 heteroatoms. The fraction of sp³-hybridized carbons (Fsp3) is 0.400. The van der Waals surface area contributed by atoms with Gasteiger partial charge in [0.15, 0.2) is 0 Å². The van der Waals surface area contributed by atoms with E-state index in [4.69, 9.17) is 0 Å². The SMILES string of the molecule is Cc1cccc(S(=O)(=O)c2ccc3c(c2)[C@@H]2CCNCCC2N3C)c1. The Labute approximate surface area is 149 Å². The van der Waals surface area contributed by atoms with E-state index in [1.165, 1.54) is 11.3 Å². The number of rotatable bonds is 2. The maximum absolute atomic E-state index is 13.1. The van der Waals surface area contributed by atoms with Gasteiger partial charge in [0.05, 0.1) is 9.79 Å². The van der Waals surface area contributed by atoms with E-state index >= 15 is 0 Å². The van der Waals surface area contributed by atoms with Crippen molar-refractivity contribution in [1.29, 1.82) is 0 Å². The molecule has 0 radical (unpaired) electrons. The Kier molecular flexibility index (Phi) is 4.08. The number of hydrogen-bond donors (Lipinski definition) is 1. The molecule has 2 aromatic carbocycles. The highest BCUT2D eigenvalue weighted by Gasteiger charge is 2.37. The van der Waals surface area contributed by atoms with Crippen molar-refractivity contribution < 1.29 is 8.42 Å². The number of likely N-dealkylation sites (N-methyl/N-ethyl adjacent to an activating group) is 1. The van der Waals surface area contributed by atoms with Crippen LogP contribution in [0.2, 0.25) is 0 Å². The minimum Gasteiger partial charge on any atom is -0.371 e. The Balaban J connectivity index is 1.78. The number of anilines is 1. The van der Waals surface area contributed by atoms with Gasteiger partial charge in [0.2, 0.25) is 9.84 Å². The molecule has 0 spiro atoms. The van der Waals surface area contributed by atoms with E-state index in [9.17, 15) is 8.42 Å². The van der Waals surface area contributed by atoms with Crippen LogP contribution in [0.25, 0.3) is 0 Å². The molecule has 0 bridgehead atoms. The van der Waals surface area contributed by atoms with Crippen LogP contribution in [0, 0.1) is 6.92 Å². The molecule has 1 fully saturated rings. The molecule has 1 unspecified atom stereocenters. The standard InChI is InChI=1S/C20H24N2O2S/c1-14-4-3-5-15(12-14)25(23,24)16-6-7-19-18(13-16)17-8-10-21-11-9-20(17)22(19)2/h3-7,12-13,17,20-21H,8-11H2,1-2H3/t17-,20?/m0/s1. The van der Waals surface area contributed by atoms with Crippen LogP contribution in [0.5, 0.6) is 0 Å². The van der Waals surface area contributed by atoms with Crippen LogP contribution in [-0.4, -0.2) is 34.6 Å². The number of hydrogen-bond acceptors (Lipinski definition) is 4. The van der Waals surface area contributed by atoms with Gasteiger partial charge in [-0.2, -0.15) is 0 Å². The van der Waals surface area contributed by atoms with Crippen LogP contribution in [0.3, 0.4) is 0 Å². The molecule has 2 aliphatic rings. The van der Waals surface area contributed by atoms with Gasteiger partial charge in [0.1, 0.15) is 0 Å². The highest BCUT2D eigenvalue weighted by atomic mass is 32.2. The van der Waals surface area contributed by atoms with E-state index in [0.29, 0.717) is 21.8 Å². The number of sulfone groups is 1. The smallest absolute Gasteiger partial charge is 0.206 e.